The van der Waals surface area contributed by atoms with Gasteiger partial charge in [-0.3, -0.25) is 4.79 Å². The molecule has 0 atom stereocenters. The molecule has 2 aliphatic rings. The molecule has 1 saturated carbocycles. The molecule has 31 heavy (non-hydrogen) atoms. The van der Waals surface area contributed by atoms with Crippen LogP contribution in [-0.4, -0.2) is 57.0 Å². The zero-order valence-electron chi connectivity index (χ0n) is 18.5. The third-order valence-corrected chi connectivity index (χ3v) is 6.54. The van der Waals surface area contributed by atoms with E-state index in [4.69, 9.17) is 4.74 Å². The van der Waals surface area contributed by atoms with E-state index in [9.17, 15) is 9.90 Å². The predicted molar refractivity (Wildman–Crippen MR) is 118 cm³/mol. The average Bonchev–Trinajstić information content (AvgIpc) is 3.29. The number of H-pyrrole nitrogens is 1. The number of carboxylic acid groups (broad SMARTS) is 1. The summed E-state index contributed by atoms with van der Waals surface area (Å²) < 4.78 is 5.88. The number of piperidine rings is 1. The Kier molecular flexibility index (Phi) is 6.55. The van der Waals surface area contributed by atoms with Crippen LogP contribution in [0.2, 0.25) is 0 Å². The lowest BCUT2D eigenvalue weighted by Gasteiger charge is -2.34. The highest BCUT2D eigenvalue weighted by Gasteiger charge is 2.30. The molecule has 2 aromatic rings. The van der Waals surface area contributed by atoms with Crippen molar-refractivity contribution < 1.29 is 14.6 Å². The zero-order valence-corrected chi connectivity index (χ0v) is 18.5. The van der Waals surface area contributed by atoms with E-state index in [-0.39, 0.29) is 12.7 Å². The molecule has 2 aromatic heterocycles. The number of carbonyl (C=O) groups is 1. The van der Waals surface area contributed by atoms with Gasteiger partial charge in [0, 0.05) is 30.8 Å². The number of rotatable bonds is 7. The van der Waals surface area contributed by atoms with Crippen LogP contribution in [-0.2, 0) is 9.53 Å². The lowest BCUT2D eigenvalue weighted by atomic mass is 9.89. The van der Waals surface area contributed by atoms with Crippen LogP contribution in [0.25, 0.3) is 11.4 Å². The van der Waals surface area contributed by atoms with Crippen LogP contribution in [0.3, 0.4) is 0 Å². The summed E-state index contributed by atoms with van der Waals surface area (Å²) in [5, 5.41) is 18.0. The monoisotopic (exact) mass is 427 g/mol. The van der Waals surface area contributed by atoms with E-state index in [1.807, 2.05) is 18.3 Å². The molecule has 8 nitrogen and oxygen atoms in total. The van der Waals surface area contributed by atoms with Crippen LogP contribution in [0, 0.1) is 5.41 Å². The molecule has 1 aliphatic carbocycles. The molecular weight excluding hydrogens is 394 g/mol. The first kappa shape index (κ1) is 21.7. The fourth-order valence-electron chi connectivity index (χ4n) is 4.32. The van der Waals surface area contributed by atoms with Crippen LogP contribution in [0.5, 0.6) is 0 Å². The lowest BCUT2D eigenvalue weighted by Crippen LogP contribution is -2.39. The highest BCUT2D eigenvalue weighted by atomic mass is 16.5. The summed E-state index contributed by atoms with van der Waals surface area (Å²) in [5.74, 6) is 2.42. The Morgan fingerprint density at radius 2 is 1.90 bits per heavy atom. The molecule has 3 heterocycles. The Balaban J connectivity index is 1.30. The van der Waals surface area contributed by atoms with E-state index in [0.29, 0.717) is 5.92 Å². The number of hydrogen-bond donors (Lipinski definition) is 2. The normalized spacial score (nSPS) is 19.0. The fraction of sp³-hybridized carbons (Fsp3) is 0.652. The van der Waals surface area contributed by atoms with Crippen LogP contribution in [0.15, 0.2) is 18.3 Å². The quantitative estimate of drug-likeness (QED) is 0.688. The predicted octanol–water partition coefficient (Wildman–Crippen LogP) is 4.01. The van der Waals surface area contributed by atoms with Gasteiger partial charge in [-0.25, -0.2) is 4.98 Å². The molecular formula is C23H33N5O3. The van der Waals surface area contributed by atoms with Crippen molar-refractivity contribution >= 4 is 11.8 Å². The number of anilines is 1. The van der Waals surface area contributed by atoms with Crippen molar-refractivity contribution in [1.82, 2.24) is 20.2 Å². The van der Waals surface area contributed by atoms with Gasteiger partial charge in [0.25, 0.3) is 0 Å². The van der Waals surface area contributed by atoms with Gasteiger partial charge in [-0.15, -0.1) is 10.2 Å². The van der Waals surface area contributed by atoms with Gasteiger partial charge in [0.05, 0.1) is 18.1 Å². The summed E-state index contributed by atoms with van der Waals surface area (Å²) in [5.41, 5.74) is 0.0962. The summed E-state index contributed by atoms with van der Waals surface area (Å²) >= 11 is 0. The van der Waals surface area contributed by atoms with Crippen molar-refractivity contribution in [3.8, 4) is 11.4 Å². The van der Waals surface area contributed by atoms with Crippen molar-refractivity contribution in [3.05, 3.63) is 24.2 Å². The molecule has 0 spiro atoms. The van der Waals surface area contributed by atoms with Gasteiger partial charge in [0.15, 0.2) is 5.82 Å². The van der Waals surface area contributed by atoms with Crippen LogP contribution < -0.4 is 4.90 Å². The molecule has 2 fully saturated rings. The number of nitrogens with one attached hydrogen (secondary N) is 1. The van der Waals surface area contributed by atoms with E-state index in [2.05, 4.69) is 25.1 Å². The first-order valence-electron chi connectivity index (χ1n) is 11.4. The third-order valence-electron chi connectivity index (χ3n) is 6.54. The van der Waals surface area contributed by atoms with Gasteiger partial charge in [-0.05, 0) is 51.7 Å². The van der Waals surface area contributed by atoms with Crippen molar-refractivity contribution in [2.24, 2.45) is 5.41 Å². The molecule has 0 bridgehead atoms. The number of aliphatic carboxylic acids is 1. The molecule has 0 unspecified atom stereocenters. The summed E-state index contributed by atoms with van der Waals surface area (Å²) in [4.78, 5) is 21.5. The maximum absolute atomic E-state index is 11.2. The second-order valence-corrected chi connectivity index (χ2v) is 9.49. The molecule has 168 valence electrons. The summed E-state index contributed by atoms with van der Waals surface area (Å²) in [6.07, 6.45) is 9.95. The first-order chi connectivity index (χ1) is 14.9. The Morgan fingerprint density at radius 3 is 2.55 bits per heavy atom. The molecule has 0 aromatic carbocycles. The Hall–Kier alpha value is -2.48. The number of aromatic nitrogens is 4. The van der Waals surface area contributed by atoms with Crippen molar-refractivity contribution in [2.75, 3.05) is 24.6 Å². The van der Waals surface area contributed by atoms with E-state index in [1.54, 1.807) is 13.8 Å². The van der Waals surface area contributed by atoms with Gasteiger partial charge < -0.3 is 19.7 Å². The largest absolute Gasteiger partial charge is 0.481 e. The second-order valence-electron chi connectivity index (χ2n) is 9.49. The molecule has 8 heteroatoms. The van der Waals surface area contributed by atoms with Crippen LogP contribution in [0.4, 0.5) is 5.82 Å². The highest BCUT2D eigenvalue weighted by Crippen LogP contribution is 2.31. The average molecular weight is 428 g/mol. The minimum absolute atomic E-state index is 0.0987. The zero-order chi connectivity index (χ0) is 21.8. The fourth-order valence-corrected chi connectivity index (χ4v) is 4.32. The Morgan fingerprint density at radius 1 is 1.16 bits per heavy atom. The SMILES string of the molecule is CC(C)(COC1CCN(c2ccc(-c3nnc(C4CCCCC4)[nH]3)cn2)CC1)C(=O)O. The van der Waals surface area contributed by atoms with Crippen molar-refractivity contribution in [3.63, 3.8) is 0 Å². The van der Waals surface area contributed by atoms with E-state index in [1.165, 1.54) is 32.1 Å². The van der Waals surface area contributed by atoms with E-state index in [0.717, 1.165) is 49.0 Å². The number of aromatic amines is 1. The molecule has 1 saturated heterocycles. The summed E-state index contributed by atoms with van der Waals surface area (Å²) in [7, 11) is 0. The van der Waals surface area contributed by atoms with Crippen LogP contribution in [0.1, 0.15) is 70.5 Å². The highest BCUT2D eigenvalue weighted by molar-refractivity contribution is 5.73. The maximum Gasteiger partial charge on any atom is 0.311 e. The Bertz CT molecular complexity index is 866. The number of pyridine rings is 1. The lowest BCUT2D eigenvalue weighted by molar-refractivity contribution is -0.152. The van der Waals surface area contributed by atoms with Gasteiger partial charge >= 0.3 is 5.97 Å². The van der Waals surface area contributed by atoms with E-state index < -0.39 is 11.4 Å². The Labute approximate surface area is 183 Å². The molecule has 0 radical (unpaired) electrons. The van der Waals surface area contributed by atoms with Gasteiger partial charge in [-0.1, -0.05) is 19.3 Å². The standard InChI is InChI=1S/C23H33N5O3/c1-23(2,22(29)30)15-31-18-10-12-28(13-11-18)19-9-8-17(14-24-19)21-25-20(26-27-21)16-6-4-3-5-7-16/h8-9,14,16,18H,3-7,10-13,15H2,1-2H3,(H,29,30)(H,25,26,27). The van der Waals surface area contributed by atoms with Gasteiger partial charge in [0.2, 0.25) is 0 Å². The smallest absolute Gasteiger partial charge is 0.311 e. The van der Waals surface area contributed by atoms with Gasteiger partial charge in [-0.2, -0.15) is 0 Å². The molecule has 1 aliphatic heterocycles. The minimum atomic E-state index is -0.855. The number of carboxylic acids is 1. The van der Waals surface area contributed by atoms with E-state index >= 15 is 0 Å². The van der Waals surface area contributed by atoms with Gasteiger partial charge in [0.1, 0.15) is 11.6 Å². The molecule has 0 amide bonds. The number of hydrogen-bond acceptors (Lipinski definition) is 6. The van der Waals surface area contributed by atoms with Crippen molar-refractivity contribution in [2.45, 2.75) is 70.8 Å². The van der Waals surface area contributed by atoms with Crippen molar-refractivity contribution in [1.29, 1.82) is 0 Å². The minimum Gasteiger partial charge on any atom is -0.481 e. The molecule has 2 N–H and O–H groups in total. The summed E-state index contributed by atoms with van der Waals surface area (Å²) in [6, 6.07) is 4.08. The molecule has 4 rings (SSSR count). The maximum atomic E-state index is 11.2. The summed E-state index contributed by atoms with van der Waals surface area (Å²) in [6.45, 7) is 5.32. The second kappa shape index (κ2) is 9.34. The van der Waals surface area contributed by atoms with Crippen LogP contribution >= 0.6 is 0 Å². The first-order valence-corrected chi connectivity index (χ1v) is 11.4. The number of nitrogens with zero attached hydrogens (tertiary/aromatic N) is 4. The topological polar surface area (TPSA) is 104 Å². The number of ether oxygens (including phenoxy) is 1. The third kappa shape index (κ3) is 5.23.